The molecular weight excluding hydrogens is 459 g/mol. The lowest BCUT2D eigenvalue weighted by molar-refractivity contribution is -0.143. The minimum atomic E-state index is -0.671. The van der Waals surface area contributed by atoms with E-state index in [9.17, 15) is 9.59 Å². The predicted octanol–water partition coefficient (Wildman–Crippen LogP) is 6.08. The second-order valence-electron chi connectivity index (χ2n) is 8.80. The summed E-state index contributed by atoms with van der Waals surface area (Å²) in [4.78, 5) is 27.7. The van der Waals surface area contributed by atoms with Gasteiger partial charge in [0, 0.05) is 28.7 Å². The minimum Gasteiger partial charge on any atom is -0.484 e. The molecule has 0 saturated heterocycles. The third-order valence-electron chi connectivity index (χ3n) is 5.37. The SMILES string of the molecule is CC[C@H](C(=O)NCC(C)C)N(Cc1c(Cl)cccc1Cl)C(=O)COc1ccc(C(C)C)cc1. The maximum atomic E-state index is 13.3. The van der Waals surface area contributed by atoms with Crippen molar-refractivity contribution in [2.75, 3.05) is 13.2 Å². The van der Waals surface area contributed by atoms with Crippen LogP contribution < -0.4 is 10.1 Å². The van der Waals surface area contributed by atoms with Crippen LogP contribution in [0.3, 0.4) is 0 Å². The number of rotatable bonds is 11. The second kappa shape index (κ2) is 12.9. The molecule has 5 nitrogen and oxygen atoms in total. The lowest BCUT2D eigenvalue weighted by atomic mass is 10.0. The van der Waals surface area contributed by atoms with Gasteiger partial charge in [-0.05, 0) is 48.1 Å². The third kappa shape index (κ3) is 7.94. The lowest BCUT2D eigenvalue weighted by Gasteiger charge is -2.31. The van der Waals surface area contributed by atoms with Crippen LogP contribution in [0.1, 0.15) is 58.1 Å². The van der Waals surface area contributed by atoms with Crippen molar-refractivity contribution in [1.29, 1.82) is 0 Å². The Hall–Kier alpha value is -2.24. The Morgan fingerprint density at radius 1 is 1.00 bits per heavy atom. The van der Waals surface area contributed by atoms with Crippen molar-refractivity contribution < 1.29 is 14.3 Å². The monoisotopic (exact) mass is 492 g/mol. The number of nitrogens with zero attached hydrogens (tertiary/aromatic N) is 1. The largest absolute Gasteiger partial charge is 0.484 e. The van der Waals surface area contributed by atoms with Crippen LogP contribution in [0.4, 0.5) is 0 Å². The molecule has 0 saturated carbocycles. The number of benzene rings is 2. The molecular formula is C26H34Cl2N2O3. The van der Waals surface area contributed by atoms with Crippen LogP contribution in [-0.4, -0.2) is 35.9 Å². The van der Waals surface area contributed by atoms with Gasteiger partial charge < -0.3 is 15.0 Å². The highest BCUT2D eigenvalue weighted by atomic mass is 35.5. The van der Waals surface area contributed by atoms with Crippen LogP contribution in [0.25, 0.3) is 0 Å². The Kier molecular flexibility index (Phi) is 10.5. The van der Waals surface area contributed by atoms with Crippen molar-refractivity contribution in [3.05, 3.63) is 63.6 Å². The van der Waals surface area contributed by atoms with E-state index in [-0.39, 0.29) is 25.0 Å². The van der Waals surface area contributed by atoms with Gasteiger partial charge in [0.2, 0.25) is 5.91 Å². The molecule has 0 bridgehead atoms. The number of ether oxygens (including phenoxy) is 1. The van der Waals surface area contributed by atoms with Gasteiger partial charge in [0.15, 0.2) is 6.61 Å². The molecule has 0 heterocycles. The van der Waals surface area contributed by atoms with Crippen LogP contribution in [0.2, 0.25) is 10.0 Å². The quantitative estimate of drug-likeness (QED) is 0.413. The average Bonchev–Trinajstić information content (AvgIpc) is 2.78. The molecule has 2 rings (SSSR count). The Balaban J connectivity index is 2.24. The van der Waals surface area contributed by atoms with E-state index in [1.54, 1.807) is 18.2 Å². The summed E-state index contributed by atoms with van der Waals surface area (Å²) in [5.41, 5.74) is 1.79. The van der Waals surface area contributed by atoms with Crippen LogP contribution in [0, 0.1) is 5.92 Å². The van der Waals surface area contributed by atoms with E-state index in [1.807, 2.05) is 45.0 Å². The first-order valence-electron chi connectivity index (χ1n) is 11.4. The zero-order chi connectivity index (χ0) is 24.5. The molecule has 0 aliphatic heterocycles. The predicted molar refractivity (Wildman–Crippen MR) is 135 cm³/mol. The summed E-state index contributed by atoms with van der Waals surface area (Å²) < 4.78 is 5.77. The molecule has 0 aliphatic carbocycles. The van der Waals surface area contributed by atoms with Gasteiger partial charge in [0.05, 0.1) is 0 Å². The van der Waals surface area contributed by atoms with Crippen LogP contribution in [0.5, 0.6) is 5.75 Å². The highest BCUT2D eigenvalue weighted by molar-refractivity contribution is 6.36. The second-order valence-corrected chi connectivity index (χ2v) is 9.61. The first-order chi connectivity index (χ1) is 15.6. The summed E-state index contributed by atoms with van der Waals surface area (Å²) in [6.07, 6.45) is 0.445. The summed E-state index contributed by atoms with van der Waals surface area (Å²) >= 11 is 12.7. The van der Waals surface area contributed by atoms with E-state index in [1.165, 1.54) is 10.5 Å². The maximum absolute atomic E-state index is 13.3. The number of amides is 2. The summed E-state index contributed by atoms with van der Waals surface area (Å²) in [7, 11) is 0. The number of carbonyl (C=O) groups excluding carboxylic acids is 2. The Bertz CT molecular complexity index is 909. The van der Waals surface area contributed by atoms with E-state index >= 15 is 0 Å². The molecule has 0 aromatic heterocycles. The van der Waals surface area contributed by atoms with Gasteiger partial charge in [-0.3, -0.25) is 9.59 Å². The molecule has 7 heteroatoms. The fourth-order valence-electron chi connectivity index (χ4n) is 3.37. The van der Waals surface area contributed by atoms with E-state index in [0.29, 0.717) is 46.2 Å². The van der Waals surface area contributed by atoms with Crippen molar-refractivity contribution >= 4 is 35.0 Å². The fourth-order valence-corrected chi connectivity index (χ4v) is 3.89. The molecule has 0 fully saturated rings. The highest BCUT2D eigenvalue weighted by Gasteiger charge is 2.30. The fraction of sp³-hybridized carbons (Fsp3) is 0.462. The molecule has 2 aromatic rings. The molecule has 0 aliphatic rings. The van der Waals surface area contributed by atoms with Gasteiger partial charge in [-0.1, -0.05) is 76.0 Å². The highest BCUT2D eigenvalue weighted by Crippen LogP contribution is 2.27. The molecule has 180 valence electrons. The molecule has 1 atom stereocenters. The van der Waals surface area contributed by atoms with Crippen molar-refractivity contribution in [2.24, 2.45) is 5.92 Å². The standard InChI is InChI=1S/C26H34Cl2N2O3/c1-6-24(26(32)29-14-17(2)3)30(15-21-22(27)8-7-9-23(21)28)25(31)16-33-20-12-10-19(11-13-20)18(4)5/h7-13,17-18,24H,6,14-16H2,1-5H3,(H,29,32)/t24-/m1/s1. The topological polar surface area (TPSA) is 58.6 Å². The first kappa shape index (κ1) is 27.0. The van der Waals surface area contributed by atoms with Crippen molar-refractivity contribution in [2.45, 2.75) is 59.5 Å². The van der Waals surface area contributed by atoms with Crippen LogP contribution in [-0.2, 0) is 16.1 Å². The van der Waals surface area contributed by atoms with E-state index < -0.39 is 6.04 Å². The number of hydrogen-bond acceptors (Lipinski definition) is 3. The van der Waals surface area contributed by atoms with Crippen molar-refractivity contribution in [1.82, 2.24) is 10.2 Å². The summed E-state index contributed by atoms with van der Waals surface area (Å²) in [5, 5.41) is 3.83. The molecule has 33 heavy (non-hydrogen) atoms. The van der Waals surface area contributed by atoms with Gasteiger partial charge >= 0.3 is 0 Å². The molecule has 2 aromatic carbocycles. The van der Waals surface area contributed by atoms with Gasteiger partial charge in [-0.15, -0.1) is 0 Å². The van der Waals surface area contributed by atoms with Crippen LogP contribution in [0.15, 0.2) is 42.5 Å². The first-order valence-corrected chi connectivity index (χ1v) is 12.1. The lowest BCUT2D eigenvalue weighted by Crippen LogP contribution is -2.50. The summed E-state index contributed by atoms with van der Waals surface area (Å²) in [5.74, 6) is 0.784. The van der Waals surface area contributed by atoms with E-state index in [2.05, 4.69) is 19.2 Å². The Labute approximate surface area is 207 Å². The maximum Gasteiger partial charge on any atom is 0.261 e. The van der Waals surface area contributed by atoms with Crippen LogP contribution >= 0.6 is 23.2 Å². The minimum absolute atomic E-state index is 0.112. The molecule has 2 amide bonds. The number of halogens is 2. The van der Waals surface area contributed by atoms with Gasteiger partial charge in [-0.25, -0.2) is 0 Å². The average molecular weight is 493 g/mol. The molecule has 0 spiro atoms. The normalized spacial score (nSPS) is 12.0. The molecule has 1 N–H and O–H groups in total. The van der Waals surface area contributed by atoms with E-state index in [0.717, 1.165) is 0 Å². The zero-order valence-electron chi connectivity index (χ0n) is 20.0. The molecule has 0 radical (unpaired) electrons. The van der Waals surface area contributed by atoms with Gasteiger partial charge in [0.1, 0.15) is 11.8 Å². The number of carbonyl (C=O) groups is 2. The van der Waals surface area contributed by atoms with Crippen molar-refractivity contribution in [3.8, 4) is 5.75 Å². The Morgan fingerprint density at radius 3 is 2.12 bits per heavy atom. The molecule has 0 unspecified atom stereocenters. The smallest absolute Gasteiger partial charge is 0.261 e. The van der Waals surface area contributed by atoms with Gasteiger partial charge in [0.25, 0.3) is 5.91 Å². The zero-order valence-corrected chi connectivity index (χ0v) is 21.5. The van der Waals surface area contributed by atoms with Gasteiger partial charge in [-0.2, -0.15) is 0 Å². The third-order valence-corrected chi connectivity index (χ3v) is 6.08. The summed E-state index contributed by atoms with van der Waals surface area (Å²) in [6.45, 7) is 10.6. The van der Waals surface area contributed by atoms with Crippen molar-refractivity contribution in [3.63, 3.8) is 0 Å². The Morgan fingerprint density at radius 2 is 1.61 bits per heavy atom. The summed E-state index contributed by atoms with van der Waals surface area (Å²) in [6, 6.07) is 12.2. The number of hydrogen-bond donors (Lipinski definition) is 1. The van der Waals surface area contributed by atoms with E-state index in [4.69, 9.17) is 27.9 Å². The number of nitrogens with one attached hydrogen (secondary N) is 1.